The van der Waals surface area contributed by atoms with Gasteiger partial charge in [-0.2, -0.15) is 0 Å². The molecule has 24 heavy (non-hydrogen) atoms. The predicted octanol–water partition coefficient (Wildman–Crippen LogP) is 3.22. The van der Waals surface area contributed by atoms with E-state index in [0.717, 1.165) is 37.1 Å². The van der Waals surface area contributed by atoms with Crippen molar-refractivity contribution >= 4 is 17.4 Å². The van der Waals surface area contributed by atoms with Gasteiger partial charge in [0.1, 0.15) is 5.70 Å². The molecule has 1 unspecified atom stereocenters. The summed E-state index contributed by atoms with van der Waals surface area (Å²) in [7, 11) is 0. The Morgan fingerprint density at radius 2 is 1.83 bits per heavy atom. The molecule has 1 aromatic rings. The Bertz CT molecular complexity index is 675. The lowest BCUT2D eigenvalue weighted by Gasteiger charge is -2.33. The normalized spacial score (nSPS) is 21.9. The van der Waals surface area contributed by atoms with E-state index in [9.17, 15) is 9.59 Å². The van der Waals surface area contributed by atoms with Crippen molar-refractivity contribution in [3.8, 4) is 0 Å². The zero-order valence-electron chi connectivity index (χ0n) is 14.8. The molecule has 0 spiro atoms. The first-order valence-corrected chi connectivity index (χ1v) is 8.95. The molecule has 3 rings (SSSR count). The van der Waals surface area contributed by atoms with Gasteiger partial charge in [0, 0.05) is 19.6 Å². The first kappa shape index (κ1) is 16.7. The molecule has 0 N–H and O–H groups in total. The van der Waals surface area contributed by atoms with Gasteiger partial charge in [-0.1, -0.05) is 43.7 Å². The average molecular weight is 326 g/mol. The Kier molecular flexibility index (Phi) is 4.74. The fraction of sp³-hybridized carbons (Fsp3) is 0.500. The van der Waals surface area contributed by atoms with Gasteiger partial charge in [-0.05, 0) is 37.7 Å². The fourth-order valence-electron chi connectivity index (χ4n) is 3.66. The number of hydrogen-bond acceptors (Lipinski definition) is 3. The smallest absolute Gasteiger partial charge is 0.277 e. The summed E-state index contributed by atoms with van der Waals surface area (Å²) in [6, 6.07) is 7.91. The molecule has 1 aromatic carbocycles. The summed E-state index contributed by atoms with van der Waals surface area (Å²) in [6.07, 6.45) is 3.04. The lowest BCUT2D eigenvalue weighted by Crippen LogP contribution is -2.39. The van der Waals surface area contributed by atoms with Crippen molar-refractivity contribution in [2.45, 2.75) is 40.0 Å². The van der Waals surface area contributed by atoms with E-state index < -0.39 is 0 Å². The summed E-state index contributed by atoms with van der Waals surface area (Å²) in [5.41, 5.74) is 3.20. The van der Waals surface area contributed by atoms with E-state index in [1.807, 2.05) is 38.1 Å². The first-order chi connectivity index (χ1) is 11.5. The summed E-state index contributed by atoms with van der Waals surface area (Å²) in [6.45, 7) is 8.42. The van der Waals surface area contributed by atoms with Gasteiger partial charge in [-0.3, -0.25) is 14.5 Å². The van der Waals surface area contributed by atoms with Crippen LogP contribution >= 0.6 is 0 Å². The molecule has 0 aromatic heterocycles. The van der Waals surface area contributed by atoms with Crippen LogP contribution < -0.4 is 0 Å². The molecule has 1 atom stereocenters. The fourth-order valence-corrected chi connectivity index (χ4v) is 3.66. The van der Waals surface area contributed by atoms with E-state index in [1.165, 1.54) is 11.3 Å². The van der Waals surface area contributed by atoms with E-state index >= 15 is 0 Å². The van der Waals surface area contributed by atoms with Crippen LogP contribution in [0.4, 0.5) is 0 Å². The summed E-state index contributed by atoms with van der Waals surface area (Å²) in [5, 5.41) is 0. The molecule has 0 radical (unpaired) electrons. The maximum absolute atomic E-state index is 13.0. The second-order valence-corrected chi connectivity index (χ2v) is 7.04. The topological polar surface area (TPSA) is 40.6 Å². The number of carbonyl (C=O) groups excluding carboxylic acids is 2. The third-order valence-electron chi connectivity index (χ3n) is 4.90. The molecule has 0 bridgehead atoms. The van der Waals surface area contributed by atoms with Crippen LogP contribution in [0.3, 0.4) is 0 Å². The zero-order valence-corrected chi connectivity index (χ0v) is 14.8. The lowest BCUT2D eigenvalue weighted by molar-refractivity contribution is -0.137. The number of likely N-dealkylation sites (tertiary alicyclic amines) is 1. The van der Waals surface area contributed by atoms with Gasteiger partial charge < -0.3 is 4.90 Å². The van der Waals surface area contributed by atoms with Gasteiger partial charge in [0.2, 0.25) is 0 Å². The van der Waals surface area contributed by atoms with Crippen LogP contribution in [0.5, 0.6) is 0 Å². The molecule has 1 fully saturated rings. The van der Waals surface area contributed by atoms with Gasteiger partial charge in [0.25, 0.3) is 11.8 Å². The number of carbonyl (C=O) groups is 2. The second-order valence-electron chi connectivity index (χ2n) is 7.04. The third kappa shape index (κ3) is 2.97. The van der Waals surface area contributed by atoms with Crippen LogP contribution in [-0.2, 0) is 9.59 Å². The Hall–Kier alpha value is -2.10. The number of amides is 2. The minimum Gasteiger partial charge on any atom is -0.366 e. The van der Waals surface area contributed by atoms with Gasteiger partial charge >= 0.3 is 0 Å². The highest BCUT2D eigenvalue weighted by Gasteiger charge is 2.41. The highest BCUT2D eigenvalue weighted by Crippen LogP contribution is 2.34. The van der Waals surface area contributed by atoms with Crippen LogP contribution in [0.1, 0.15) is 44.2 Å². The highest BCUT2D eigenvalue weighted by molar-refractivity contribution is 6.35. The molecule has 1 saturated heterocycles. The summed E-state index contributed by atoms with van der Waals surface area (Å²) in [5.74, 6) is 0.291. The van der Waals surface area contributed by atoms with Crippen LogP contribution in [0.15, 0.2) is 30.0 Å². The summed E-state index contributed by atoms with van der Waals surface area (Å²) >= 11 is 0. The molecule has 128 valence electrons. The minimum absolute atomic E-state index is 0.119. The predicted molar refractivity (Wildman–Crippen MR) is 95.1 cm³/mol. The summed E-state index contributed by atoms with van der Waals surface area (Å²) < 4.78 is 0. The van der Waals surface area contributed by atoms with Crippen molar-refractivity contribution < 1.29 is 9.59 Å². The van der Waals surface area contributed by atoms with Crippen molar-refractivity contribution in [2.75, 3.05) is 19.6 Å². The molecule has 0 aliphatic carbocycles. The SMILES string of the molecule is CCCN1C(=O)C(c2ccc(C)cc2)=C(N2CCCC(C)C2)C1=O. The molecule has 2 aliphatic rings. The third-order valence-corrected chi connectivity index (χ3v) is 4.90. The Labute approximate surface area is 144 Å². The Morgan fingerprint density at radius 3 is 2.46 bits per heavy atom. The monoisotopic (exact) mass is 326 g/mol. The van der Waals surface area contributed by atoms with Crippen molar-refractivity contribution in [2.24, 2.45) is 5.92 Å². The van der Waals surface area contributed by atoms with Crippen LogP contribution in [0.2, 0.25) is 0 Å². The van der Waals surface area contributed by atoms with E-state index in [-0.39, 0.29) is 11.8 Å². The van der Waals surface area contributed by atoms with Crippen LogP contribution in [-0.4, -0.2) is 41.2 Å². The number of piperidine rings is 1. The largest absolute Gasteiger partial charge is 0.366 e. The standard InChI is InChI=1S/C20H26N2O2/c1-4-11-22-19(23)17(16-9-7-14(2)8-10-16)18(20(22)24)21-12-5-6-15(3)13-21/h7-10,15H,4-6,11-13H2,1-3H3. The number of nitrogens with zero attached hydrogens (tertiary/aromatic N) is 2. The van der Waals surface area contributed by atoms with E-state index in [2.05, 4.69) is 11.8 Å². The molecule has 2 aliphatic heterocycles. The van der Waals surface area contributed by atoms with Gasteiger partial charge in [-0.25, -0.2) is 0 Å². The van der Waals surface area contributed by atoms with Crippen molar-refractivity contribution in [1.82, 2.24) is 9.80 Å². The Balaban J connectivity index is 2.06. The maximum Gasteiger partial charge on any atom is 0.277 e. The molecular weight excluding hydrogens is 300 g/mol. The molecule has 0 saturated carbocycles. The number of aryl methyl sites for hydroxylation is 1. The van der Waals surface area contributed by atoms with Crippen LogP contribution in [0, 0.1) is 12.8 Å². The zero-order chi connectivity index (χ0) is 17.3. The van der Waals surface area contributed by atoms with E-state index in [4.69, 9.17) is 0 Å². The molecular formula is C20H26N2O2. The Morgan fingerprint density at radius 1 is 1.12 bits per heavy atom. The number of imide groups is 1. The number of benzene rings is 1. The average Bonchev–Trinajstić information content (AvgIpc) is 2.81. The van der Waals surface area contributed by atoms with Crippen molar-refractivity contribution in [3.63, 3.8) is 0 Å². The quantitative estimate of drug-likeness (QED) is 0.798. The minimum atomic E-state index is -0.140. The first-order valence-electron chi connectivity index (χ1n) is 8.95. The van der Waals surface area contributed by atoms with Crippen molar-refractivity contribution in [1.29, 1.82) is 0 Å². The second kappa shape index (κ2) is 6.80. The van der Waals surface area contributed by atoms with E-state index in [1.54, 1.807) is 0 Å². The van der Waals surface area contributed by atoms with Gasteiger partial charge in [0.05, 0.1) is 5.57 Å². The van der Waals surface area contributed by atoms with Crippen LogP contribution in [0.25, 0.3) is 5.57 Å². The van der Waals surface area contributed by atoms with Gasteiger partial charge in [-0.15, -0.1) is 0 Å². The number of hydrogen-bond donors (Lipinski definition) is 0. The van der Waals surface area contributed by atoms with Gasteiger partial charge in [0.15, 0.2) is 0 Å². The summed E-state index contributed by atoms with van der Waals surface area (Å²) in [4.78, 5) is 29.5. The van der Waals surface area contributed by atoms with E-state index in [0.29, 0.717) is 23.7 Å². The maximum atomic E-state index is 13.0. The molecule has 4 heteroatoms. The van der Waals surface area contributed by atoms with Crippen molar-refractivity contribution in [3.05, 3.63) is 41.1 Å². The molecule has 2 amide bonds. The molecule has 4 nitrogen and oxygen atoms in total. The number of rotatable bonds is 4. The highest BCUT2D eigenvalue weighted by atomic mass is 16.2. The lowest BCUT2D eigenvalue weighted by atomic mass is 9.97. The molecule has 2 heterocycles.